The first-order valence-corrected chi connectivity index (χ1v) is 11.3. The van der Waals surface area contributed by atoms with Gasteiger partial charge in [0, 0.05) is 33.6 Å². The van der Waals surface area contributed by atoms with Crippen LogP contribution in [0, 0.1) is 6.92 Å². The standard InChI is InChI=1S/C22H26Cl2N2O2S/c1-4-20(22(28)25-5-2)26(13-17-18(23)7-6-8-19(17)24)21(27)14-29-16-11-9-15(3)10-12-16/h6-12,20H,4-5,13-14H2,1-3H3,(H,25,28)/t20-/m0/s1. The summed E-state index contributed by atoms with van der Waals surface area (Å²) in [5.41, 5.74) is 1.81. The zero-order valence-corrected chi connectivity index (χ0v) is 19.2. The van der Waals surface area contributed by atoms with Gasteiger partial charge in [0.15, 0.2) is 0 Å². The number of amides is 2. The van der Waals surface area contributed by atoms with Crippen LogP contribution in [0.2, 0.25) is 10.0 Å². The van der Waals surface area contributed by atoms with Crippen molar-refractivity contribution >= 4 is 46.8 Å². The third-order valence-electron chi connectivity index (χ3n) is 4.51. The van der Waals surface area contributed by atoms with E-state index in [0.717, 1.165) is 10.5 Å². The first-order chi connectivity index (χ1) is 13.9. The second-order valence-corrected chi connectivity index (χ2v) is 8.51. The van der Waals surface area contributed by atoms with Crippen LogP contribution in [0.1, 0.15) is 31.4 Å². The fourth-order valence-corrected chi connectivity index (χ4v) is 4.23. The van der Waals surface area contributed by atoms with Gasteiger partial charge in [-0.25, -0.2) is 0 Å². The lowest BCUT2D eigenvalue weighted by Gasteiger charge is -2.31. The number of nitrogens with zero attached hydrogens (tertiary/aromatic N) is 1. The van der Waals surface area contributed by atoms with Gasteiger partial charge in [-0.05, 0) is 44.5 Å². The predicted octanol–water partition coefficient (Wildman–Crippen LogP) is 5.34. The van der Waals surface area contributed by atoms with Crippen molar-refractivity contribution in [3.05, 3.63) is 63.6 Å². The van der Waals surface area contributed by atoms with Crippen LogP contribution in [0.15, 0.2) is 47.4 Å². The number of carbonyl (C=O) groups is 2. The van der Waals surface area contributed by atoms with Crippen LogP contribution in [-0.2, 0) is 16.1 Å². The number of rotatable bonds is 9. The average Bonchev–Trinajstić information content (AvgIpc) is 2.69. The lowest BCUT2D eigenvalue weighted by molar-refractivity contribution is -0.139. The minimum atomic E-state index is -0.589. The van der Waals surface area contributed by atoms with Gasteiger partial charge >= 0.3 is 0 Å². The van der Waals surface area contributed by atoms with Crippen molar-refractivity contribution in [2.75, 3.05) is 12.3 Å². The molecule has 2 aromatic carbocycles. The number of hydrogen-bond acceptors (Lipinski definition) is 3. The molecule has 1 atom stereocenters. The smallest absolute Gasteiger partial charge is 0.242 e. The van der Waals surface area contributed by atoms with Gasteiger partial charge in [0.25, 0.3) is 0 Å². The van der Waals surface area contributed by atoms with E-state index in [-0.39, 0.29) is 24.1 Å². The van der Waals surface area contributed by atoms with E-state index in [0.29, 0.717) is 28.6 Å². The summed E-state index contributed by atoms with van der Waals surface area (Å²) in [5, 5.41) is 3.78. The molecule has 0 aliphatic heterocycles. The van der Waals surface area contributed by atoms with Crippen LogP contribution in [0.3, 0.4) is 0 Å². The van der Waals surface area contributed by atoms with Gasteiger partial charge in [-0.15, -0.1) is 11.8 Å². The van der Waals surface area contributed by atoms with Gasteiger partial charge in [0.2, 0.25) is 11.8 Å². The van der Waals surface area contributed by atoms with E-state index in [1.807, 2.05) is 45.0 Å². The number of benzene rings is 2. The first-order valence-electron chi connectivity index (χ1n) is 9.56. The summed E-state index contributed by atoms with van der Waals surface area (Å²) in [6.07, 6.45) is 0.495. The second kappa shape index (κ2) is 11.5. The minimum Gasteiger partial charge on any atom is -0.355 e. The minimum absolute atomic E-state index is 0.135. The van der Waals surface area contributed by atoms with E-state index in [4.69, 9.17) is 23.2 Å². The Labute approximate surface area is 187 Å². The maximum Gasteiger partial charge on any atom is 0.242 e. The van der Waals surface area contributed by atoms with Gasteiger partial charge in [-0.1, -0.05) is 53.9 Å². The highest BCUT2D eigenvalue weighted by atomic mass is 35.5. The fraction of sp³-hybridized carbons (Fsp3) is 0.364. The molecule has 0 fully saturated rings. The van der Waals surface area contributed by atoms with Crippen LogP contribution in [-0.4, -0.2) is 35.1 Å². The molecule has 2 aromatic rings. The lowest BCUT2D eigenvalue weighted by Crippen LogP contribution is -2.49. The highest BCUT2D eigenvalue weighted by Crippen LogP contribution is 2.28. The molecule has 0 saturated heterocycles. The van der Waals surface area contributed by atoms with Crippen LogP contribution in [0.4, 0.5) is 0 Å². The normalized spacial score (nSPS) is 11.8. The van der Waals surface area contributed by atoms with Gasteiger partial charge < -0.3 is 10.2 Å². The van der Waals surface area contributed by atoms with Crippen molar-refractivity contribution in [3.63, 3.8) is 0 Å². The van der Waals surface area contributed by atoms with Gasteiger partial charge in [0.1, 0.15) is 6.04 Å². The molecule has 2 rings (SSSR count). The molecule has 156 valence electrons. The van der Waals surface area contributed by atoms with Crippen LogP contribution >= 0.6 is 35.0 Å². The summed E-state index contributed by atoms with van der Waals surface area (Å²) in [6.45, 7) is 6.45. The molecule has 0 spiro atoms. The van der Waals surface area contributed by atoms with Gasteiger partial charge in [-0.2, -0.15) is 0 Å². The molecule has 2 amide bonds. The molecular weight excluding hydrogens is 427 g/mol. The van der Waals surface area contributed by atoms with E-state index in [1.165, 1.54) is 11.8 Å². The molecule has 0 unspecified atom stereocenters. The Balaban J connectivity index is 2.25. The van der Waals surface area contributed by atoms with Crippen LogP contribution < -0.4 is 5.32 Å². The highest BCUT2D eigenvalue weighted by Gasteiger charge is 2.29. The molecule has 0 aliphatic carbocycles. The summed E-state index contributed by atoms with van der Waals surface area (Å²) >= 11 is 14.1. The molecule has 0 aromatic heterocycles. The zero-order valence-electron chi connectivity index (χ0n) is 16.9. The summed E-state index contributed by atoms with van der Waals surface area (Å²) in [5.74, 6) is -0.0855. The fourth-order valence-electron chi connectivity index (χ4n) is 2.93. The summed E-state index contributed by atoms with van der Waals surface area (Å²) in [4.78, 5) is 28.4. The van der Waals surface area contributed by atoms with E-state index < -0.39 is 6.04 Å². The number of aryl methyl sites for hydroxylation is 1. The SMILES string of the molecule is CCNC(=O)[C@H](CC)N(Cc1c(Cl)cccc1Cl)C(=O)CSc1ccc(C)cc1. The van der Waals surface area contributed by atoms with Gasteiger partial charge in [-0.3, -0.25) is 9.59 Å². The zero-order chi connectivity index (χ0) is 21.4. The van der Waals surface area contributed by atoms with E-state index in [2.05, 4.69) is 5.32 Å². The number of carbonyl (C=O) groups excluding carboxylic acids is 2. The van der Waals surface area contributed by atoms with Crippen LogP contribution in [0.25, 0.3) is 0 Å². The Bertz CT molecular complexity index is 823. The largest absolute Gasteiger partial charge is 0.355 e. The third kappa shape index (κ3) is 6.66. The summed E-state index contributed by atoms with van der Waals surface area (Å²) < 4.78 is 0. The second-order valence-electron chi connectivity index (χ2n) is 6.64. The summed E-state index contributed by atoms with van der Waals surface area (Å²) in [6, 6.07) is 12.6. The molecular formula is C22H26Cl2N2O2S. The predicted molar refractivity (Wildman–Crippen MR) is 122 cm³/mol. The van der Waals surface area contributed by atoms with Crippen molar-refractivity contribution in [2.24, 2.45) is 0 Å². The van der Waals surface area contributed by atoms with Crippen molar-refractivity contribution in [3.8, 4) is 0 Å². The van der Waals surface area contributed by atoms with E-state index >= 15 is 0 Å². The van der Waals surface area contributed by atoms with Gasteiger partial charge in [0.05, 0.1) is 5.75 Å². The Morgan fingerprint density at radius 1 is 1.07 bits per heavy atom. The number of halogens is 2. The highest BCUT2D eigenvalue weighted by molar-refractivity contribution is 8.00. The number of likely N-dealkylation sites (N-methyl/N-ethyl adjacent to an activating group) is 1. The number of nitrogens with one attached hydrogen (secondary N) is 1. The molecule has 29 heavy (non-hydrogen) atoms. The molecule has 7 heteroatoms. The quantitative estimate of drug-likeness (QED) is 0.522. The molecule has 0 radical (unpaired) electrons. The monoisotopic (exact) mass is 452 g/mol. The Morgan fingerprint density at radius 3 is 2.24 bits per heavy atom. The Hall–Kier alpha value is -1.69. The summed E-state index contributed by atoms with van der Waals surface area (Å²) in [7, 11) is 0. The first kappa shape index (κ1) is 23.6. The maximum atomic E-state index is 13.2. The number of thioether (sulfide) groups is 1. The molecule has 1 N–H and O–H groups in total. The topological polar surface area (TPSA) is 49.4 Å². The molecule has 0 saturated carbocycles. The van der Waals surface area contributed by atoms with E-state index in [9.17, 15) is 9.59 Å². The average molecular weight is 453 g/mol. The number of hydrogen-bond donors (Lipinski definition) is 1. The molecule has 0 heterocycles. The third-order valence-corrected chi connectivity index (χ3v) is 6.22. The Morgan fingerprint density at radius 2 is 1.69 bits per heavy atom. The molecule has 4 nitrogen and oxygen atoms in total. The Kier molecular flexibility index (Phi) is 9.34. The van der Waals surface area contributed by atoms with Crippen molar-refractivity contribution in [1.29, 1.82) is 0 Å². The van der Waals surface area contributed by atoms with E-state index in [1.54, 1.807) is 23.1 Å². The van der Waals surface area contributed by atoms with Crippen molar-refractivity contribution in [2.45, 2.75) is 44.7 Å². The lowest BCUT2D eigenvalue weighted by atomic mass is 10.1. The molecule has 0 aliphatic rings. The maximum absolute atomic E-state index is 13.2. The van der Waals surface area contributed by atoms with Crippen molar-refractivity contribution < 1.29 is 9.59 Å². The van der Waals surface area contributed by atoms with Crippen LogP contribution in [0.5, 0.6) is 0 Å². The van der Waals surface area contributed by atoms with Crippen molar-refractivity contribution in [1.82, 2.24) is 10.2 Å². The molecule has 0 bridgehead atoms.